The van der Waals surface area contributed by atoms with Crippen LogP contribution in [0.4, 0.5) is 0 Å². The van der Waals surface area contributed by atoms with Gasteiger partial charge in [-0.3, -0.25) is 14.4 Å². The van der Waals surface area contributed by atoms with Crippen molar-refractivity contribution in [1.82, 2.24) is 15.1 Å². The van der Waals surface area contributed by atoms with Crippen LogP contribution in [0.1, 0.15) is 50.5 Å². The highest BCUT2D eigenvalue weighted by Gasteiger charge is 2.36. The Morgan fingerprint density at radius 3 is 2.77 bits per heavy atom. The second-order valence-corrected chi connectivity index (χ2v) is 8.11. The van der Waals surface area contributed by atoms with Gasteiger partial charge in [0, 0.05) is 32.6 Å². The Morgan fingerprint density at radius 1 is 1.10 bits per heavy atom. The maximum absolute atomic E-state index is 13.3. The molecular formula is C23H33N3O4. The van der Waals surface area contributed by atoms with Crippen molar-refractivity contribution < 1.29 is 19.1 Å². The quantitative estimate of drug-likeness (QED) is 0.817. The second-order valence-electron chi connectivity index (χ2n) is 8.11. The number of carbonyl (C=O) groups is 3. The molecule has 1 aromatic rings. The molecule has 3 rings (SSSR count). The lowest BCUT2D eigenvalue weighted by atomic mass is 10.1. The molecule has 0 bridgehead atoms. The standard InChI is InChI=1S/C23H33N3O4/c1-30-19-9-6-8-18(16-19)17-22(28)26-14-7-10-20(26)23(29)25-13-5-3-2-4-12-24-21(27)11-15-25/h6,8-9,16,20H,2-5,7,10-15,17H2,1H3,(H,24,27)/t20-/m0/s1. The van der Waals surface area contributed by atoms with Crippen LogP contribution in [0.15, 0.2) is 24.3 Å². The van der Waals surface area contributed by atoms with Crippen LogP contribution in [0.3, 0.4) is 0 Å². The average Bonchev–Trinajstić information content (AvgIpc) is 3.23. The molecule has 2 aliphatic rings. The van der Waals surface area contributed by atoms with Crippen molar-refractivity contribution in [1.29, 1.82) is 0 Å². The lowest BCUT2D eigenvalue weighted by Crippen LogP contribution is -2.49. The van der Waals surface area contributed by atoms with Gasteiger partial charge in [-0.05, 0) is 43.4 Å². The maximum atomic E-state index is 13.3. The molecule has 0 aliphatic carbocycles. The van der Waals surface area contributed by atoms with E-state index in [1.54, 1.807) is 16.9 Å². The summed E-state index contributed by atoms with van der Waals surface area (Å²) in [6, 6.07) is 7.06. The largest absolute Gasteiger partial charge is 0.497 e. The summed E-state index contributed by atoms with van der Waals surface area (Å²) in [5, 5.41) is 2.92. The van der Waals surface area contributed by atoms with Crippen molar-refractivity contribution in [3.63, 3.8) is 0 Å². The number of benzene rings is 1. The zero-order valence-corrected chi connectivity index (χ0v) is 17.9. The van der Waals surface area contributed by atoms with Crippen molar-refractivity contribution in [2.45, 2.75) is 57.4 Å². The van der Waals surface area contributed by atoms with Gasteiger partial charge in [-0.1, -0.05) is 25.0 Å². The number of ether oxygens (including phenoxy) is 1. The van der Waals surface area contributed by atoms with E-state index in [1.807, 2.05) is 24.3 Å². The number of rotatable bonds is 4. The van der Waals surface area contributed by atoms with Crippen molar-refractivity contribution in [2.24, 2.45) is 0 Å². The summed E-state index contributed by atoms with van der Waals surface area (Å²) >= 11 is 0. The monoisotopic (exact) mass is 415 g/mol. The van der Waals surface area contributed by atoms with Gasteiger partial charge in [0.1, 0.15) is 11.8 Å². The van der Waals surface area contributed by atoms with Gasteiger partial charge in [0.25, 0.3) is 0 Å². The van der Waals surface area contributed by atoms with E-state index in [1.165, 1.54) is 0 Å². The van der Waals surface area contributed by atoms with Gasteiger partial charge < -0.3 is 19.9 Å². The van der Waals surface area contributed by atoms with E-state index in [2.05, 4.69) is 5.32 Å². The van der Waals surface area contributed by atoms with Crippen molar-refractivity contribution >= 4 is 17.7 Å². The van der Waals surface area contributed by atoms with Crippen LogP contribution in [-0.4, -0.2) is 66.9 Å². The van der Waals surface area contributed by atoms with E-state index in [0.29, 0.717) is 39.0 Å². The lowest BCUT2D eigenvalue weighted by molar-refractivity contribution is -0.143. The van der Waals surface area contributed by atoms with Gasteiger partial charge >= 0.3 is 0 Å². The summed E-state index contributed by atoms with van der Waals surface area (Å²) in [4.78, 5) is 41.8. The summed E-state index contributed by atoms with van der Waals surface area (Å²) in [6.45, 7) is 2.38. The zero-order chi connectivity index (χ0) is 21.3. The minimum atomic E-state index is -0.420. The SMILES string of the molecule is COc1cccc(CC(=O)N2CCC[C@H]2C(=O)N2CCCCCCNC(=O)CC2)c1. The Balaban J connectivity index is 1.65. The summed E-state index contributed by atoms with van der Waals surface area (Å²) in [7, 11) is 1.60. The first-order valence-corrected chi connectivity index (χ1v) is 11.1. The molecule has 2 saturated heterocycles. The molecule has 3 amide bonds. The molecule has 0 spiro atoms. The van der Waals surface area contributed by atoms with E-state index in [4.69, 9.17) is 4.74 Å². The van der Waals surface area contributed by atoms with Gasteiger partial charge in [0.2, 0.25) is 17.7 Å². The van der Waals surface area contributed by atoms with Crippen LogP contribution < -0.4 is 10.1 Å². The molecule has 2 fully saturated rings. The van der Waals surface area contributed by atoms with Gasteiger partial charge in [0.05, 0.1) is 13.5 Å². The van der Waals surface area contributed by atoms with Crippen LogP contribution in [0, 0.1) is 0 Å². The van der Waals surface area contributed by atoms with Crippen molar-refractivity contribution in [2.75, 3.05) is 33.3 Å². The molecule has 7 nitrogen and oxygen atoms in total. The second kappa shape index (κ2) is 11.0. The van der Waals surface area contributed by atoms with Crippen LogP contribution >= 0.6 is 0 Å². The minimum absolute atomic E-state index is 0.00733. The van der Waals surface area contributed by atoms with Gasteiger partial charge in [0.15, 0.2) is 0 Å². The predicted molar refractivity (Wildman–Crippen MR) is 114 cm³/mol. The number of nitrogens with one attached hydrogen (secondary N) is 1. The highest BCUT2D eigenvalue weighted by Crippen LogP contribution is 2.22. The van der Waals surface area contributed by atoms with E-state index in [0.717, 1.165) is 43.4 Å². The fraction of sp³-hybridized carbons (Fsp3) is 0.609. The number of methoxy groups -OCH3 is 1. The van der Waals surface area contributed by atoms with Crippen LogP contribution in [-0.2, 0) is 20.8 Å². The highest BCUT2D eigenvalue weighted by molar-refractivity contribution is 5.89. The Morgan fingerprint density at radius 2 is 1.93 bits per heavy atom. The number of amides is 3. The molecule has 0 radical (unpaired) electrons. The van der Waals surface area contributed by atoms with Crippen LogP contribution in [0.2, 0.25) is 0 Å². The van der Waals surface area contributed by atoms with E-state index in [-0.39, 0.29) is 24.1 Å². The molecule has 2 aliphatic heterocycles. The molecule has 0 unspecified atom stereocenters. The molecule has 1 aromatic carbocycles. The van der Waals surface area contributed by atoms with Crippen LogP contribution in [0.5, 0.6) is 5.75 Å². The number of likely N-dealkylation sites (tertiary alicyclic amines) is 1. The van der Waals surface area contributed by atoms with Gasteiger partial charge in [-0.25, -0.2) is 0 Å². The zero-order valence-electron chi connectivity index (χ0n) is 17.9. The molecular weight excluding hydrogens is 382 g/mol. The van der Waals surface area contributed by atoms with E-state index < -0.39 is 6.04 Å². The highest BCUT2D eigenvalue weighted by atomic mass is 16.5. The molecule has 30 heavy (non-hydrogen) atoms. The van der Waals surface area contributed by atoms with Crippen molar-refractivity contribution in [3.05, 3.63) is 29.8 Å². The third-order valence-corrected chi connectivity index (χ3v) is 5.95. The smallest absolute Gasteiger partial charge is 0.245 e. The molecule has 1 atom stereocenters. The summed E-state index contributed by atoms with van der Waals surface area (Å²) < 4.78 is 5.24. The Hall–Kier alpha value is -2.57. The maximum Gasteiger partial charge on any atom is 0.245 e. The lowest BCUT2D eigenvalue weighted by Gasteiger charge is -2.30. The summed E-state index contributed by atoms with van der Waals surface area (Å²) in [5.41, 5.74) is 0.879. The first-order valence-electron chi connectivity index (χ1n) is 11.1. The normalized spacial score (nSPS) is 21.0. The molecule has 0 aromatic heterocycles. The third-order valence-electron chi connectivity index (χ3n) is 5.95. The van der Waals surface area contributed by atoms with Gasteiger partial charge in [-0.15, -0.1) is 0 Å². The number of carbonyl (C=O) groups excluding carboxylic acids is 3. The Kier molecular flexibility index (Phi) is 8.11. The Labute approximate surface area is 178 Å². The molecule has 164 valence electrons. The number of nitrogens with zero attached hydrogens (tertiary/aromatic N) is 2. The summed E-state index contributed by atoms with van der Waals surface area (Å²) in [6.07, 6.45) is 6.10. The first-order chi connectivity index (χ1) is 14.6. The number of hydrogen-bond acceptors (Lipinski definition) is 4. The molecule has 0 saturated carbocycles. The summed E-state index contributed by atoms with van der Waals surface area (Å²) in [5.74, 6) is 0.663. The first kappa shape index (κ1) is 22.1. The van der Waals surface area contributed by atoms with E-state index >= 15 is 0 Å². The van der Waals surface area contributed by atoms with Gasteiger partial charge in [-0.2, -0.15) is 0 Å². The van der Waals surface area contributed by atoms with E-state index in [9.17, 15) is 14.4 Å². The predicted octanol–water partition coefficient (Wildman–Crippen LogP) is 2.14. The molecule has 1 N–H and O–H groups in total. The number of hydrogen-bond donors (Lipinski definition) is 1. The molecule has 2 heterocycles. The topological polar surface area (TPSA) is 79.0 Å². The van der Waals surface area contributed by atoms with Crippen molar-refractivity contribution in [3.8, 4) is 5.75 Å². The third kappa shape index (κ3) is 5.97. The minimum Gasteiger partial charge on any atom is -0.497 e. The van der Waals surface area contributed by atoms with Crippen LogP contribution in [0.25, 0.3) is 0 Å². The average molecular weight is 416 g/mol. The molecule has 7 heteroatoms. The Bertz CT molecular complexity index is 752. The fourth-order valence-electron chi connectivity index (χ4n) is 4.26. The fourth-order valence-corrected chi connectivity index (χ4v) is 4.26.